The first-order valence-electron chi connectivity index (χ1n) is 3.65. The minimum atomic E-state index is 0.957. The van der Waals surface area contributed by atoms with Crippen molar-refractivity contribution in [2.24, 2.45) is 0 Å². The Labute approximate surface area is 68.0 Å². The minimum Gasteiger partial charge on any atom is -0.376 e. The van der Waals surface area contributed by atoms with Gasteiger partial charge < -0.3 is 4.90 Å². The molecule has 0 atom stereocenters. The highest BCUT2D eigenvalue weighted by Crippen LogP contribution is 2.16. The van der Waals surface area contributed by atoms with E-state index in [9.17, 15) is 0 Å². The molecule has 0 bridgehead atoms. The maximum Gasteiger partial charge on any atom is 0.0360 e. The number of nitrogens with zero attached hydrogens (tertiary/aromatic N) is 1. The van der Waals surface area contributed by atoms with Crippen LogP contribution in [-0.2, 0) is 0 Å². The Morgan fingerprint density at radius 1 is 1.36 bits per heavy atom. The zero-order valence-electron chi connectivity index (χ0n) is 6.88. The third kappa shape index (κ3) is 1.61. The predicted molar refractivity (Wildman–Crippen MR) is 49.2 cm³/mol. The highest BCUT2D eigenvalue weighted by atomic mass is 15.1. The van der Waals surface area contributed by atoms with E-state index in [0.29, 0.717) is 0 Å². The molecule has 0 saturated heterocycles. The van der Waals surface area contributed by atoms with E-state index in [2.05, 4.69) is 30.3 Å². The summed E-state index contributed by atoms with van der Waals surface area (Å²) in [6, 6.07) is 0. The van der Waals surface area contributed by atoms with Crippen molar-refractivity contribution >= 4 is 0 Å². The van der Waals surface area contributed by atoms with Crippen LogP contribution in [0.5, 0.6) is 0 Å². The summed E-state index contributed by atoms with van der Waals surface area (Å²) >= 11 is 0. The van der Waals surface area contributed by atoms with Crippen molar-refractivity contribution in [1.82, 2.24) is 4.90 Å². The van der Waals surface area contributed by atoms with Gasteiger partial charge in [0.15, 0.2) is 0 Å². The van der Waals surface area contributed by atoms with Gasteiger partial charge in [0.05, 0.1) is 0 Å². The molecule has 0 N–H and O–H groups in total. The van der Waals surface area contributed by atoms with Crippen molar-refractivity contribution in [3.63, 3.8) is 0 Å². The Morgan fingerprint density at radius 2 is 2.00 bits per heavy atom. The van der Waals surface area contributed by atoms with Gasteiger partial charge in [-0.25, -0.2) is 0 Å². The molecule has 0 aromatic carbocycles. The molecule has 11 heavy (non-hydrogen) atoms. The molecule has 1 nitrogen and oxygen atoms in total. The van der Waals surface area contributed by atoms with Crippen LogP contribution in [0.15, 0.2) is 48.7 Å². The van der Waals surface area contributed by atoms with Crippen LogP contribution in [-0.4, -0.2) is 18.5 Å². The van der Waals surface area contributed by atoms with E-state index >= 15 is 0 Å². The summed E-state index contributed by atoms with van der Waals surface area (Å²) in [5, 5.41) is 0. The Kier molecular flexibility index (Phi) is 2.32. The third-order valence-corrected chi connectivity index (χ3v) is 1.73. The van der Waals surface area contributed by atoms with E-state index in [1.807, 2.05) is 19.2 Å². The Bertz CT molecular complexity index is 233. The monoisotopic (exact) mass is 147 g/mol. The third-order valence-electron chi connectivity index (χ3n) is 1.73. The molecule has 1 aliphatic rings. The van der Waals surface area contributed by atoms with Crippen molar-refractivity contribution < 1.29 is 0 Å². The molecule has 0 aromatic rings. The standard InChI is InChI=1S/C10H13N/c1-4-9-6-7-11(3)8-10(9)5-2/h4-6,8H,1-2,7H2,3H3. The predicted octanol–water partition coefficient (Wildman–Crippen LogP) is 2.11. The number of hydrogen-bond acceptors (Lipinski definition) is 1. The molecule has 0 spiro atoms. The molecule has 0 radical (unpaired) electrons. The summed E-state index contributed by atoms with van der Waals surface area (Å²) in [5.74, 6) is 0. The fourth-order valence-electron chi connectivity index (χ4n) is 1.10. The lowest BCUT2D eigenvalue weighted by molar-refractivity contribution is 0.500. The zero-order valence-corrected chi connectivity index (χ0v) is 6.88. The van der Waals surface area contributed by atoms with Gasteiger partial charge in [-0.2, -0.15) is 0 Å². The summed E-state index contributed by atoms with van der Waals surface area (Å²) in [5.41, 5.74) is 2.33. The highest BCUT2D eigenvalue weighted by molar-refractivity contribution is 5.46. The van der Waals surface area contributed by atoms with Crippen LogP contribution in [0.2, 0.25) is 0 Å². The van der Waals surface area contributed by atoms with E-state index in [0.717, 1.165) is 12.1 Å². The van der Waals surface area contributed by atoms with Gasteiger partial charge in [0, 0.05) is 19.8 Å². The molecule has 1 heteroatoms. The van der Waals surface area contributed by atoms with Crippen molar-refractivity contribution in [2.75, 3.05) is 13.6 Å². The van der Waals surface area contributed by atoms with Gasteiger partial charge in [-0.05, 0) is 11.1 Å². The molecule has 0 saturated carbocycles. The summed E-state index contributed by atoms with van der Waals surface area (Å²) in [6.07, 6.45) is 7.93. The smallest absolute Gasteiger partial charge is 0.0360 e. The average Bonchev–Trinajstić information content (AvgIpc) is 2.04. The first-order valence-corrected chi connectivity index (χ1v) is 3.65. The van der Waals surface area contributed by atoms with E-state index in [1.54, 1.807) is 0 Å². The first kappa shape index (κ1) is 7.86. The number of hydrogen-bond donors (Lipinski definition) is 0. The molecule has 1 heterocycles. The second-order valence-electron chi connectivity index (χ2n) is 2.59. The molecule has 0 unspecified atom stereocenters. The van der Waals surface area contributed by atoms with Crippen molar-refractivity contribution in [1.29, 1.82) is 0 Å². The Morgan fingerprint density at radius 3 is 2.55 bits per heavy atom. The maximum atomic E-state index is 3.73. The number of allylic oxidation sites excluding steroid dienone is 4. The molecular weight excluding hydrogens is 134 g/mol. The van der Waals surface area contributed by atoms with Crippen LogP contribution < -0.4 is 0 Å². The fraction of sp³-hybridized carbons (Fsp3) is 0.200. The van der Waals surface area contributed by atoms with Gasteiger partial charge in [-0.3, -0.25) is 0 Å². The normalized spacial score (nSPS) is 17.0. The summed E-state index contributed by atoms with van der Waals surface area (Å²) < 4.78 is 0. The van der Waals surface area contributed by atoms with E-state index in [1.165, 1.54) is 5.57 Å². The molecule has 1 aliphatic heterocycles. The molecule has 0 fully saturated rings. The SMILES string of the molecule is C=CC1=CCN(C)C=C1C=C. The number of likely N-dealkylation sites (N-methyl/N-ethyl adjacent to an activating group) is 1. The lowest BCUT2D eigenvalue weighted by atomic mass is 10.0. The number of rotatable bonds is 2. The van der Waals surface area contributed by atoms with Crippen LogP contribution in [0.25, 0.3) is 0 Å². The minimum absolute atomic E-state index is 0.957. The quantitative estimate of drug-likeness (QED) is 0.578. The highest BCUT2D eigenvalue weighted by Gasteiger charge is 2.03. The average molecular weight is 147 g/mol. The molecule has 0 aromatic heterocycles. The van der Waals surface area contributed by atoms with E-state index in [4.69, 9.17) is 0 Å². The lowest BCUT2D eigenvalue weighted by Gasteiger charge is -2.19. The van der Waals surface area contributed by atoms with Gasteiger partial charge >= 0.3 is 0 Å². The molecule has 58 valence electrons. The van der Waals surface area contributed by atoms with Crippen molar-refractivity contribution in [3.8, 4) is 0 Å². The van der Waals surface area contributed by atoms with Gasteiger partial charge in [0.1, 0.15) is 0 Å². The Hall–Kier alpha value is -1.24. The largest absolute Gasteiger partial charge is 0.376 e. The molecular formula is C10H13N. The van der Waals surface area contributed by atoms with Crippen LogP contribution >= 0.6 is 0 Å². The summed E-state index contributed by atoms with van der Waals surface area (Å²) in [6.45, 7) is 8.42. The van der Waals surface area contributed by atoms with E-state index in [-0.39, 0.29) is 0 Å². The van der Waals surface area contributed by atoms with Gasteiger partial charge in [-0.15, -0.1) is 0 Å². The van der Waals surface area contributed by atoms with Gasteiger partial charge in [-0.1, -0.05) is 31.4 Å². The van der Waals surface area contributed by atoms with Gasteiger partial charge in [0.25, 0.3) is 0 Å². The van der Waals surface area contributed by atoms with E-state index < -0.39 is 0 Å². The summed E-state index contributed by atoms with van der Waals surface area (Å²) in [4.78, 5) is 2.12. The molecule has 1 rings (SSSR count). The Balaban J connectivity index is 2.90. The van der Waals surface area contributed by atoms with Crippen LogP contribution in [0.3, 0.4) is 0 Å². The van der Waals surface area contributed by atoms with Crippen LogP contribution in [0.1, 0.15) is 0 Å². The molecule has 0 aliphatic carbocycles. The van der Waals surface area contributed by atoms with Crippen molar-refractivity contribution in [2.45, 2.75) is 0 Å². The van der Waals surface area contributed by atoms with Crippen LogP contribution in [0.4, 0.5) is 0 Å². The zero-order chi connectivity index (χ0) is 8.27. The molecule has 0 amide bonds. The lowest BCUT2D eigenvalue weighted by Crippen LogP contribution is -2.15. The second-order valence-corrected chi connectivity index (χ2v) is 2.59. The van der Waals surface area contributed by atoms with Gasteiger partial charge in [0.2, 0.25) is 0 Å². The fourth-order valence-corrected chi connectivity index (χ4v) is 1.10. The first-order chi connectivity index (χ1) is 5.27. The summed E-state index contributed by atoms with van der Waals surface area (Å²) in [7, 11) is 2.04. The maximum absolute atomic E-state index is 3.73. The second kappa shape index (κ2) is 3.24. The van der Waals surface area contributed by atoms with Crippen molar-refractivity contribution in [3.05, 3.63) is 48.7 Å². The van der Waals surface area contributed by atoms with Crippen LogP contribution in [0, 0.1) is 0 Å². The topological polar surface area (TPSA) is 3.24 Å².